The third-order valence-electron chi connectivity index (χ3n) is 8.37. The van der Waals surface area contributed by atoms with Crippen LogP contribution in [0.3, 0.4) is 0 Å². The van der Waals surface area contributed by atoms with E-state index in [1.165, 1.54) is 29.3 Å². The number of hydrogen-bond acceptors (Lipinski definition) is 3. The molecule has 0 spiro atoms. The Morgan fingerprint density at radius 1 is 0.867 bits per heavy atom. The van der Waals surface area contributed by atoms with E-state index >= 15 is 0 Å². The molecule has 1 heterocycles. The van der Waals surface area contributed by atoms with Gasteiger partial charge >= 0.3 is 6.11 Å². The van der Waals surface area contributed by atoms with Crippen LogP contribution in [0.2, 0.25) is 0 Å². The van der Waals surface area contributed by atoms with Crippen molar-refractivity contribution in [3.05, 3.63) is 123 Å². The lowest BCUT2D eigenvalue weighted by Gasteiger charge is -2.17. The van der Waals surface area contributed by atoms with Crippen molar-refractivity contribution in [1.82, 2.24) is 0 Å². The second-order valence-corrected chi connectivity index (χ2v) is 12.2. The van der Waals surface area contributed by atoms with Crippen molar-refractivity contribution in [1.29, 1.82) is 0 Å². The number of aryl methyl sites for hydroxylation is 2. The number of carbonyl (C=O) groups excluding carboxylic acids is 1. The molecule has 0 radical (unpaired) electrons. The lowest BCUT2D eigenvalue weighted by atomic mass is 9.88. The monoisotopic (exact) mass is 614 g/mol. The lowest BCUT2D eigenvalue weighted by Crippen LogP contribution is -2.18. The fraction of sp³-hybridized carbons (Fsp3) is 0.359. The molecule has 0 amide bonds. The van der Waals surface area contributed by atoms with Gasteiger partial charge in [-0.15, -0.1) is 0 Å². The summed E-state index contributed by atoms with van der Waals surface area (Å²) in [6.45, 7) is 3.97. The molecule has 3 nitrogen and oxygen atoms in total. The van der Waals surface area contributed by atoms with Gasteiger partial charge in [0.25, 0.3) is 0 Å². The minimum absolute atomic E-state index is 0.00375. The number of benzene rings is 3. The normalized spacial score (nSPS) is 17.6. The molecule has 0 saturated carbocycles. The molecule has 0 aromatic heterocycles. The van der Waals surface area contributed by atoms with Gasteiger partial charge in [0, 0.05) is 18.1 Å². The number of allylic oxidation sites excluding steroid dienone is 3. The second kappa shape index (κ2) is 14.9. The first-order chi connectivity index (χ1) is 21.6. The molecule has 3 aromatic rings. The van der Waals surface area contributed by atoms with Crippen LogP contribution in [0.4, 0.5) is 13.2 Å². The number of rotatable bonds is 6. The maximum absolute atomic E-state index is 14.2. The van der Waals surface area contributed by atoms with Gasteiger partial charge in [-0.25, -0.2) is 4.39 Å². The van der Waals surface area contributed by atoms with E-state index in [1.54, 1.807) is 19.1 Å². The molecule has 45 heavy (non-hydrogen) atoms. The van der Waals surface area contributed by atoms with Gasteiger partial charge in [0.05, 0.1) is 13.2 Å². The zero-order valence-corrected chi connectivity index (χ0v) is 26.1. The van der Waals surface area contributed by atoms with E-state index < -0.39 is 6.11 Å². The highest BCUT2D eigenvalue weighted by Gasteiger charge is 2.23. The van der Waals surface area contributed by atoms with E-state index in [2.05, 4.69) is 23.0 Å². The molecule has 0 N–H and O–H groups in total. The van der Waals surface area contributed by atoms with Crippen molar-refractivity contribution in [2.75, 3.05) is 13.2 Å². The first-order valence-electron chi connectivity index (χ1n) is 15.9. The fourth-order valence-electron chi connectivity index (χ4n) is 6.06. The van der Waals surface area contributed by atoms with E-state index in [4.69, 9.17) is 4.74 Å². The van der Waals surface area contributed by atoms with Crippen molar-refractivity contribution in [3.63, 3.8) is 0 Å². The van der Waals surface area contributed by atoms with Crippen LogP contribution in [0.15, 0.2) is 83.5 Å². The molecule has 0 unspecified atom stereocenters. The average Bonchev–Trinajstić information content (AvgIpc) is 3.00. The molecular weight excluding hydrogens is 573 g/mol. The lowest BCUT2D eigenvalue weighted by molar-refractivity contribution is -0.158. The third kappa shape index (κ3) is 9.54. The Kier molecular flexibility index (Phi) is 10.8. The zero-order valence-electron chi connectivity index (χ0n) is 26.1. The molecule has 0 bridgehead atoms. The standard InChI is InChI=1S/C39H41F3O3/c1-27-22-31(13-17-37(27)40)23-28-6-3-4-8-33-26-32(24-30-18-20-44-21-19-30)12-16-36(33)38(43)34(9-5-7-28)25-29-10-14-35(15-11-29)45-39(2,41)42/h6,10-17,22,24-26H,3-5,7-9,18-21,23H2,1-2H3. The number of ketones is 1. The number of carbonyl (C=O) groups is 1. The maximum atomic E-state index is 14.2. The number of alkyl halides is 2. The van der Waals surface area contributed by atoms with E-state index in [-0.39, 0.29) is 17.3 Å². The molecule has 0 atom stereocenters. The Morgan fingerprint density at radius 2 is 1.62 bits per heavy atom. The predicted molar refractivity (Wildman–Crippen MR) is 174 cm³/mol. The molecule has 1 aliphatic heterocycles. The van der Waals surface area contributed by atoms with Crippen LogP contribution < -0.4 is 4.74 Å². The smallest absolute Gasteiger partial charge is 0.394 e. The van der Waals surface area contributed by atoms with Crippen molar-refractivity contribution < 1.29 is 27.4 Å². The first kappa shape index (κ1) is 32.5. The molecule has 5 rings (SSSR count). The van der Waals surface area contributed by atoms with Gasteiger partial charge in [0.2, 0.25) is 0 Å². The van der Waals surface area contributed by atoms with Crippen LogP contribution in [0.1, 0.15) is 90.0 Å². The Hall–Kier alpha value is -3.90. The quantitative estimate of drug-likeness (QED) is 0.205. The van der Waals surface area contributed by atoms with Crippen molar-refractivity contribution in [2.45, 2.75) is 77.7 Å². The Bertz CT molecular complexity index is 1580. The molecule has 2 aliphatic rings. The van der Waals surface area contributed by atoms with Crippen LogP contribution in [0, 0.1) is 12.7 Å². The highest BCUT2D eigenvalue weighted by molar-refractivity contribution is 6.12. The van der Waals surface area contributed by atoms with Crippen molar-refractivity contribution in [2.24, 2.45) is 0 Å². The van der Waals surface area contributed by atoms with Crippen LogP contribution in [0.25, 0.3) is 12.2 Å². The molecule has 236 valence electrons. The molecule has 1 saturated heterocycles. The highest BCUT2D eigenvalue weighted by Crippen LogP contribution is 2.29. The average molecular weight is 615 g/mol. The van der Waals surface area contributed by atoms with Gasteiger partial charge in [-0.2, -0.15) is 8.78 Å². The SMILES string of the molecule is Cc1cc(CC2=CCCCc3cc(C=C4CCOCC4)ccc3C(=O)C(=Cc3ccc(OC(C)(F)F)cc3)CCC2)ccc1F. The minimum Gasteiger partial charge on any atom is -0.433 e. The predicted octanol–water partition coefficient (Wildman–Crippen LogP) is 10.3. The summed E-state index contributed by atoms with van der Waals surface area (Å²) in [6.07, 6.45) is 10.5. The van der Waals surface area contributed by atoms with E-state index in [0.717, 1.165) is 86.8 Å². The van der Waals surface area contributed by atoms with Crippen LogP contribution in [0.5, 0.6) is 5.75 Å². The van der Waals surface area contributed by atoms with Gasteiger partial charge in [0.15, 0.2) is 5.78 Å². The number of Topliss-reactive ketones (excluding diaryl/α,β-unsaturated/α-hetero) is 1. The largest absolute Gasteiger partial charge is 0.433 e. The zero-order chi connectivity index (χ0) is 31.8. The minimum atomic E-state index is -3.27. The van der Waals surface area contributed by atoms with Crippen molar-refractivity contribution >= 4 is 17.9 Å². The summed E-state index contributed by atoms with van der Waals surface area (Å²) in [5, 5.41) is 0. The van der Waals surface area contributed by atoms with Gasteiger partial charge in [-0.1, -0.05) is 65.8 Å². The maximum Gasteiger partial charge on any atom is 0.394 e. The number of ether oxygens (including phenoxy) is 2. The third-order valence-corrected chi connectivity index (χ3v) is 8.37. The van der Waals surface area contributed by atoms with E-state index in [0.29, 0.717) is 30.0 Å². The van der Waals surface area contributed by atoms with Crippen molar-refractivity contribution in [3.8, 4) is 5.75 Å². The summed E-state index contributed by atoms with van der Waals surface area (Å²) in [7, 11) is 0. The molecule has 1 aliphatic carbocycles. The van der Waals surface area contributed by atoms with Crippen LogP contribution in [-0.4, -0.2) is 25.1 Å². The molecule has 3 aromatic carbocycles. The summed E-state index contributed by atoms with van der Waals surface area (Å²) in [5.41, 5.74) is 8.64. The Labute approximate surface area is 264 Å². The van der Waals surface area contributed by atoms with Gasteiger partial charge in [0.1, 0.15) is 11.6 Å². The van der Waals surface area contributed by atoms with Crippen LogP contribution in [-0.2, 0) is 17.6 Å². The highest BCUT2D eigenvalue weighted by atomic mass is 19.3. The topological polar surface area (TPSA) is 35.5 Å². The molecule has 6 heteroatoms. The molecule has 1 fully saturated rings. The van der Waals surface area contributed by atoms with E-state index in [1.807, 2.05) is 30.3 Å². The molecular formula is C39H41F3O3. The van der Waals surface area contributed by atoms with Gasteiger partial charge in [-0.05, 0) is 117 Å². The van der Waals surface area contributed by atoms with Gasteiger partial charge < -0.3 is 9.47 Å². The number of halogens is 3. The summed E-state index contributed by atoms with van der Waals surface area (Å²) in [4.78, 5) is 14.2. The Morgan fingerprint density at radius 3 is 2.36 bits per heavy atom. The van der Waals surface area contributed by atoms with Crippen LogP contribution >= 0.6 is 0 Å². The number of hydrogen-bond donors (Lipinski definition) is 0. The summed E-state index contributed by atoms with van der Waals surface area (Å²) in [5.74, 6) is -0.138. The van der Waals surface area contributed by atoms with E-state index in [9.17, 15) is 18.0 Å². The number of fused-ring (bicyclic) bond motifs is 1. The first-order valence-corrected chi connectivity index (χ1v) is 15.9. The summed E-state index contributed by atoms with van der Waals surface area (Å²) < 4.78 is 50.8. The second-order valence-electron chi connectivity index (χ2n) is 12.2. The van der Waals surface area contributed by atoms with Gasteiger partial charge in [-0.3, -0.25) is 4.79 Å². The summed E-state index contributed by atoms with van der Waals surface area (Å²) in [6, 6.07) is 17.8. The Balaban J connectivity index is 1.46. The summed E-state index contributed by atoms with van der Waals surface area (Å²) >= 11 is 0. The fourth-order valence-corrected chi connectivity index (χ4v) is 6.06.